The van der Waals surface area contributed by atoms with Crippen LogP contribution in [0.1, 0.15) is 42.4 Å². The molecule has 3 rings (SSSR count). The molecule has 0 radical (unpaired) electrons. The monoisotopic (exact) mass is 418 g/mol. The summed E-state index contributed by atoms with van der Waals surface area (Å²) in [4.78, 5) is 34.7. The van der Waals surface area contributed by atoms with Crippen LogP contribution >= 0.6 is 0 Å². The van der Waals surface area contributed by atoms with E-state index in [9.17, 15) is 9.59 Å². The Hall–Kier alpha value is -3.33. The molecule has 1 N–H and O–H groups in total. The average molecular weight is 419 g/mol. The van der Waals surface area contributed by atoms with E-state index in [1.54, 1.807) is 29.2 Å². The van der Waals surface area contributed by atoms with Crippen molar-refractivity contribution in [1.29, 1.82) is 0 Å². The molecule has 1 atom stereocenters. The smallest absolute Gasteiger partial charge is 0.318 e. The quantitative estimate of drug-likeness (QED) is 0.610. The molecule has 1 saturated heterocycles. The first-order chi connectivity index (χ1) is 14.7. The van der Waals surface area contributed by atoms with Crippen LogP contribution < -0.4 is 10.2 Å². The zero-order valence-corrected chi connectivity index (χ0v) is 18.7. The van der Waals surface area contributed by atoms with Crippen molar-refractivity contribution >= 4 is 17.6 Å². The Labute approximate surface area is 184 Å². The number of rotatable bonds is 4. The number of amides is 2. The highest BCUT2D eigenvalue weighted by Crippen LogP contribution is 2.24. The van der Waals surface area contributed by atoms with Crippen molar-refractivity contribution in [3.63, 3.8) is 0 Å². The Balaban J connectivity index is 1.66. The standard InChI is InChI=1S/C25H30N4O2/c1-6-19-10-12-20(13-11-19)22(30)23(25(3,4)5)27-24(31)29-16-14-28(15-17-29)21-9-7-8-18(2)26-21/h1,7-13,23H,14-17H2,2-5H3,(H,27,31). The number of terminal acetylenes is 1. The lowest BCUT2D eigenvalue weighted by atomic mass is 9.82. The van der Waals surface area contributed by atoms with Crippen molar-refractivity contribution < 1.29 is 9.59 Å². The fourth-order valence-corrected chi connectivity index (χ4v) is 3.63. The van der Waals surface area contributed by atoms with E-state index in [1.165, 1.54) is 0 Å². The van der Waals surface area contributed by atoms with Gasteiger partial charge in [0.1, 0.15) is 5.82 Å². The summed E-state index contributed by atoms with van der Waals surface area (Å²) in [7, 11) is 0. The molecular formula is C25H30N4O2. The predicted octanol–water partition coefficient (Wildman–Crippen LogP) is 3.50. The molecule has 1 unspecified atom stereocenters. The Kier molecular flexibility index (Phi) is 6.65. The van der Waals surface area contributed by atoms with Gasteiger partial charge in [-0.15, -0.1) is 6.42 Å². The number of aromatic nitrogens is 1. The number of pyridine rings is 1. The summed E-state index contributed by atoms with van der Waals surface area (Å²) in [5.74, 6) is 3.36. The van der Waals surface area contributed by atoms with Gasteiger partial charge in [-0.25, -0.2) is 9.78 Å². The minimum atomic E-state index is -0.645. The topological polar surface area (TPSA) is 65.5 Å². The predicted molar refractivity (Wildman–Crippen MR) is 123 cm³/mol. The molecule has 1 aromatic heterocycles. The molecule has 162 valence electrons. The highest BCUT2D eigenvalue weighted by molar-refractivity contribution is 6.02. The number of carbonyl (C=O) groups is 2. The van der Waals surface area contributed by atoms with Gasteiger partial charge < -0.3 is 15.1 Å². The lowest BCUT2D eigenvalue weighted by Crippen LogP contribution is -2.57. The molecule has 31 heavy (non-hydrogen) atoms. The maximum Gasteiger partial charge on any atom is 0.318 e. The van der Waals surface area contributed by atoms with Gasteiger partial charge in [-0.3, -0.25) is 4.79 Å². The molecule has 0 saturated carbocycles. The van der Waals surface area contributed by atoms with Gasteiger partial charge in [-0.05, 0) is 36.6 Å². The largest absolute Gasteiger partial charge is 0.353 e. The number of aryl methyl sites for hydroxylation is 1. The van der Waals surface area contributed by atoms with E-state index < -0.39 is 11.5 Å². The third kappa shape index (κ3) is 5.43. The normalized spacial score (nSPS) is 15.2. The van der Waals surface area contributed by atoms with Gasteiger partial charge in [-0.2, -0.15) is 0 Å². The molecule has 2 heterocycles. The highest BCUT2D eigenvalue weighted by atomic mass is 16.2. The third-order valence-electron chi connectivity index (χ3n) is 5.50. The van der Waals surface area contributed by atoms with Crippen LogP contribution in [0.25, 0.3) is 0 Å². The van der Waals surface area contributed by atoms with Crippen molar-refractivity contribution in [2.24, 2.45) is 5.41 Å². The fraction of sp³-hybridized carbons (Fsp3) is 0.400. The van der Waals surface area contributed by atoms with Crippen molar-refractivity contribution in [3.05, 3.63) is 59.3 Å². The number of ketones is 1. The fourth-order valence-electron chi connectivity index (χ4n) is 3.63. The summed E-state index contributed by atoms with van der Waals surface area (Å²) in [6.07, 6.45) is 5.40. The van der Waals surface area contributed by atoms with Gasteiger partial charge >= 0.3 is 6.03 Å². The van der Waals surface area contributed by atoms with E-state index >= 15 is 0 Å². The second kappa shape index (κ2) is 9.22. The summed E-state index contributed by atoms with van der Waals surface area (Å²) in [5, 5.41) is 2.98. The SMILES string of the molecule is C#Cc1ccc(C(=O)C(NC(=O)N2CCN(c3cccc(C)n3)CC2)C(C)(C)C)cc1. The summed E-state index contributed by atoms with van der Waals surface area (Å²) in [6.45, 7) is 10.4. The second-order valence-corrected chi connectivity index (χ2v) is 8.95. The number of benzene rings is 1. The number of hydrogen-bond acceptors (Lipinski definition) is 4. The molecule has 1 aromatic carbocycles. The molecular weight excluding hydrogens is 388 g/mol. The Bertz CT molecular complexity index is 978. The summed E-state index contributed by atoms with van der Waals surface area (Å²) in [5.41, 5.74) is 1.79. The zero-order valence-electron chi connectivity index (χ0n) is 18.7. The second-order valence-electron chi connectivity index (χ2n) is 8.95. The number of urea groups is 1. The maximum absolute atomic E-state index is 13.2. The van der Waals surface area contributed by atoms with E-state index in [2.05, 4.69) is 21.1 Å². The maximum atomic E-state index is 13.2. The van der Waals surface area contributed by atoms with Crippen LogP contribution in [0.15, 0.2) is 42.5 Å². The van der Waals surface area contributed by atoms with Crippen molar-refractivity contribution in [2.75, 3.05) is 31.1 Å². The van der Waals surface area contributed by atoms with E-state index in [-0.39, 0.29) is 11.8 Å². The number of nitrogens with zero attached hydrogens (tertiary/aromatic N) is 3. The van der Waals surface area contributed by atoms with Crippen LogP contribution in [0.3, 0.4) is 0 Å². The Morgan fingerprint density at radius 2 is 1.71 bits per heavy atom. The third-order valence-corrected chi connectivity index (χ3v) is 5.50. The number of Topliss-reactive ketones (excluding diaryl/α,β-unsaturated/α-hetero) is 1. The Morgan fingerprint density at radius 3 is 2.26 bits per heavy atom. The number of piperazine rings is 1. The first-order valence-corrected chi connectivity index (χ1v) is 10.5. The minimum absolute atomic E-state index is 0.119. The zero-order chi connectivity index (χ0) is 22.6. The lowest BCUT2D eigenvalue weighted by Gasteiger charge is -2.37. The summed E-state index contributed by atoms with van der Waals surface area (Å²) >= 11 is 0. The lowest BCUT2D eigenvalue weighted by molar-refractivity contribution is 0.0862. The van der Waals surface area contributed by atoms with Crippen LogP contribution in [-0.4, -0.2) is 53.9 Å². The van der Waals surface area contributed by atoms with E-state index in [0.29, 0.717) is 37.3 Å². The molecule has 6 heteroatoms. The van der Waals surface area contributed by atoms with Gasteiger partial charge in [0.15, 0.2) is 5.78 Å². The van der Waals surface area contributed by atoms with Crippen LogP contribution in [-0.2, 0) is 0 Å². The van der Waals surface area contributed by atoms with E-state index in [1.807, 2.05) is 45.9 Å². The van der Waals surface area contributed by atoms with Gasteiger partial charge in [0, 0.05) is 43.0 Å². The summed E-state index contributed by atoms with van der Waals surface area (Å²) in [6, 6.07) is 12.0. The number of anilines is 1. The number of carbonyl (C=O) groups excluding carboxylic acids is 2. The highest BCUT2D eigenvalue weighted by Gasteiger charge is 2.35. The number of hydrogen-bond donors (Lipinski definition) is 1. The first-order valence-electron chi connectivity index (χ1n) is 10.5. The van der Waals surface area contributed by atoms with Crippen molar-refractivity contribution in [3.8, 4) is 12.3 Å². The summed E-state index contributed by atoms with van der Waals surface area (Å²) < 4.78 is 0. The molecule has 6 nitrogen and oxygen atoms in total. The van der Waals surface area contributed by atoms with E-state index in [4.69, 9.17) is 6.42 Å². The molecule has 1 fully saturated rings. The van der Waals surface area contributed by atoms with Crippen molar-refractivity contribution in [2.45, 2.75) is 33.7 Å². The molecule has 1 aliphatic rings. The van der Waals surface area contributed by atoms with Gasteiger partial charge in [0.05, 0.1) is 6.04 Å². The first kappa shape index (κ1) is 22.4. The molecule has 0 aliphatic carbocycles. The molecule has 2 aromatic rings. The molecule has 1 aliphatic heterocycles. The average Bonchev–Trinajstić information content (AvgIpc) is 2.76. The molecule has 0 spiro atoms. The van der Waals surface area contributed by atoms with Gasteiger partial charge in [-0.1, -0.05) is 44.9 Å². The molecule has 2 amide bonds. The van der Waals surface area contributed by atoms with Crippen LogP contribution in [0.2, 0.25) is 0 Å². The minimum Gasteiger partial charge on any atom is -0.353 e. The van der Waals surface area contributed by atoms with Crippen LogP contribution in [0.5, 0.6) is 0 Å². The Morgan fingerprint density at radius 1 is 1.06 bits per heavy atom. The van der Waals surface area contributed by atoms with Gasteiger partial charge in [0.2, 0.25) is 0 Å². The van der Waals surface area contributed by atoms with Crippen LogP contribution in [0.4, 0.5) is 10.6 Å². The van der Waals surface area contributed by atoms with E-state index in [0.717, 1.165) is 11.5 Å². The molecule has 0 bridgehead atoms. The van der Waals surface area contributed by atoms with Crippen LogP contribution in [0, 0.1) is 24.7 Å². The van der Waals surface area contributed by atoms with Gasteiger partial charge in [0.25, 0.3) is 0 Å². The van der Waals surface area contributed by atoms with Crippen molar-refractivity contribution in [1.82, 2.24) is 15.2 Å². The number of nitrogens with one attached hydrogen (secondary N) is 1.